The second-order valence-corrected chi connectivity index (χ2v) is 12.7. The van der Waals surface area contributed by atoms with Gasteiger partial charge in [0.05, 0.1) is 39.9 Å². The first-order valence-electron chi connectivity index (χ1n) is 15.5. The van der Waals surface area contributed by atoms with E-state index in [1.807, 2.05) is 98.3 Å². The molecule has 0 heterocycles. The number of hydrogen-bond donors (Lipinski definition) is 1. The van der Waals surface area contributed by atoms with Crippen LogP contribution >= 0.6 is 8.53 Å². The van der Waals surface area contributed by atoms with E-state index in [2.05, 4.69) is 0 Å². The predicted octanol–water partition coefficient (Wildman–Crippen LogP) is 7.35. The summed E-state index contributed by atoms with van der Waals surface area (Å²) < 4.78 is 72.0. The number of methoxy groups -OCH3 is 2. The van der Waals surface area contributed by atoms with Crippen molar-refractivity contribution in [2.45, 2.75) is 64.1 Å². The summed E-state index contributed by atoms with van der Waals surface area (Å²) in [6.45, 7) is 7.02. The molecule has 9 nitrogen and oxygen atoms in total. The fourth-order valence-corrected chi connectivity index (χ4v) is 6.84. The first-order chi connectivity index (χ1) is 22.9. The minimum atomic E-state index is -5.10. The molecule has 0 fully saturated rings. The molecule has 3 rings (SSSR count). The van der Waals surface area contributed by atoms with Gasteiger partial charge >= 0.3 is 12.1 Å². The van der Waals surface area contributed by atoms with Crippen LogP contribution in [-0.4, -0.2) is 68.9 Å². The number of halogens is 3. The molecule has 0 aliphatic carbocycles. The van der Waals surface area contributed by atoms with Gasteiger partial charge < -0.3 is 28.6 Å². The molecule has 0 aliphatic heterocycles. The molecule has 48 heavy (non-hydrogen) atoms. The van der Waals surface area contributed by atoms with Crippen LogP contribution in [0.5, 0.6) is 11.5 Å². The molecule has 2 atom stereocenters. The lowest BCUT2D eigenvalue weighted by atomic mass is 9.80. The summed E-state index contributed by atoms with van der Waals surface area (Å²) in [5.74, 6) is -0.863. The first-order valence-corrected chi connectivity index (χ1v) is 16.6. The van der Waals surface area contributed by atoms with Crippen molar-refractivity contribution in [1.29, 1.82) is 5.26 Å². The van der Waals surface area contributed by atoms with Crippen LogP contribution in [0.1, 0.15) is 50.8 Å². The fraction of sp³-hybridized carbons (Fsp3) is 0.429. The molecular formula is C35H43F3N3O6P. The van der Waals surface area contributed by atoms with E-state index < -0.39 is 38.9 Å². The standard InChI is InChI=1S/C35H43F3N3O6P/c1-25(2)41(26(3)4)48(46-22-10-21-39)47-32(23-40-33(42)35(36,37)38)24-45-34(27-11-8-7-9-12-27,28-13-17-30(43-5)18-14-28)29-15-19-31(44-6)20-16-29/h7-9,11-20,25-26,32H,10,22-24H2,1-6H3,(H,40,42). The molecule has 2 unspecified atom stereocenters. The van der Waals surface area contributed by atoms with Crippen molar-refractivity contribution in [3.63, 3.8) is 0 Å². The number of nitriles is 1. The van der Waals surface area contributed by atoms with Gasteiger partial charge in [-0.05, 0) is 68.7 Å². The number of carbonyl (C=O) groups is 1. The minimum Gasteiger partial charge on any atom is -0.497 e. The highest BCUT2D eigenvalue weighted by Gasteiger charge is 2.41. The van der Waals surface area contributed by atoms with Crippen LogP contribution in [0.25, 0.3) is 0 Å². The summed E-state index contributed by atoms with van der Waals surface area (Å²) in [6, 6.07) is 25.9. The van der Waals surface area contributed by atoms with Gasteiger partial charge in [0.2, 0.25) is 0 Å². The molecule has 260 valence electrons. The molecular weight excluding hydrogens is 646 g/mol. The largest absolute Gasteiger partial charge is 0.497 e. The van der Waals surface area contributed by atoms with Crippen LogP contribution in [0.4, 0.5) is 13.2 Å². The number of amides is 1. The maximum absolute atomic E-state index is 13.3. The zero-order chi connectivity index (χ0) is 35.3. The highest BCUT2D eigenvalue weighted by atomic mass is 31.2. The normalized spacial score (nSPS) is 13.3. The highest BCUT2D eigenvalue weighted by molar-refractivity contribution is 7.44. The highest BCUT2D eigenvalue weighted by Crippen LogP contribution is 2.48. The third kappa shape index (κ3) is 10.1. The van der Waals surface area contributed by atoms with E-state index in [-0.39, 0.29) is 31.7 Å². The van der Waals surface area contributed by atoms with E-state index >= 15 is 0 Å². The predicted molar refractivity (Wildman–Crippen MR) is 177 cm³/mol. The van der Waals surface area contributed by atoms with Gasteiger partial charge in [-0.25, -0.2) is 4.67 Å². The minimum absolute atomic E-state index is 0.0479. The molecule has 13 heteroatoms. The zero-order valence-corrected chi connectivity index (χ0v) is 28.9. The number of carbonyl (C=O) groups excluding carboxylic acids is 1. The Morgan fingerprint density at radius 3 is 1.79 bits per heavy atom. The number of ether oxygens (including phenoxy) is 3. The number of nitrogens with zero attached hydrogens (tertiary/aromatic N) is 2. The Kier molecular flexibility index (Phi) is 14.6. The Balaban J connectivity index is 2.15. The zero-order valence-electron chi connectivity index (χ0n) is 28.0. The maximum atomic E-state index is 13.3. The quantitative estimate of drug-likeness (QED) is 0.0841. The van der Waals surface area contributed by atoms with E-state index in [4.69, 9.17) is 28.5 Å². The van der Waals surface area contributed by atoms with Crippen LogP contribution in [0.2, 0.25) is 0 Å². The van der Waals surface area contributed by atoms with Crippen molar-refractivity contribution in [2.24, 2.45) is 0 Å². The van der Waals surface area contributed by atoms with E-state index in [1.54, 1.807) is 38.5 Å². The van der Waals surface area contributed by atoms with Crippen molar-refractivity contribution in [3.05, 3.63) is 95.6 Å². The molecule has 1 N–H and O–H groups in total. The smallest absolute Gasteiger partial charge is 0.471 e. The number of alkyl halides is 3. The van der Waals surface area contributed by atoms with Gasteiger partial charge in [-0.15, -0.1) is 0 Å². The van der Waals surface area contributed by atoms with Gasteiger partial charge in [0.1, 0.15) is 23.2 Å². The van der Waals surface area contributed by atoms with E-state index in [9.17, 15) is 18.0 Å². The average Bonchev–Trinajstić information content (AvgIpc) is 3.07. The number of benzene rings is 3. The Morgan fingerprint density at radius 2 is 1.35 bits per heavy atom. The third-order valence-corrected chi connectivity index (χ3v) is 9.49. The lowest BCUT2D eigenvalue weighted by Crippen LogP contribution is -2.45. The van der Waals surface area contributed by atoms with Crippen LogP contribution in [0, 0.1) is 11.3 Å². The van der Waals surface area contributed by atoms with Gasteiger partial charge in [-0.1, -0.05) is 54.6 Å². The number of hydrogen-bond acceptors (Lipinski definition) is 8. The average molecular weight is 690 g/mol. The van der Waals surface area contributed by atoms with Gasteiger partial charge in [0, 0.05) is 18.6 Å². The van der Waals surface area contributed by atoms with Crippen LogP contribution < -0.4 is 14.8 Å². The van der Waals surface area contributed by atoms with Crippen LogP contribution in [-0.2, 0) is 24.2 Å². The SMILES string of the molecule is COc1ccc(C(OCC(CNC(=O)C(F)(F)F)OP(OCCC#N)N(C(C)C)C(C)C)(c2ccccc2)c2ccc(OC)cc2)cc1. The Bertz CT molecular complexity index is 1400. The van der Waals surface area contributed by atoms with Crippen molar-refractivity contribution in [2.75, 3.05) is 34.0 Å². The van der Waals surface area contributed by atoms with Crippen molar-refractivity contribution >= 4 is 14.4 Å². The van der Waals surface area contributed by atoms with Gasteiger partial charge in [0.25, 0.3) is 8.53 Å². The van der Waals surface area contributed by atoms with Crippen molar-refractivity contribution in [3.8, 4) is 17.6 Å². The second kappa shape index (κ2) is 18.2. The lowest BCUT2D eigenvalue weighted by Gasteiger charge is -2.39. The summed E-state index contributed by atoms with van der Waals surface area (Å²) in [6.07, 6.45) is -6.12. The summed E-state index contributed by atoms with van der Waals surface area (Å²) in [4.78, 5) is 12.0. The Labute approximate surface area is 281 Å². The summed E-state index contributed by atoms with van der Waals surface area (Å²) in [5.41, 5.74) is 0.847. The molecule has 3 aromatic rings. The first kappa shape index (κ1) is 38.7. The Morgan fingerprint density at radius 1 is 0.854 bits per heavy atom. The molecule has 0 aromatic heterocycles. The van der Waals surface area contributed by atoms with Crippen LogP contribution in [0.3, 0.4) is 0 Å². The summed E-state index contributed by atoms with van der Waals surface area (Å²) in [5, 5.41) is 11.1. The summed E-state index contributed by atoms with van der Waals surface area (Å²) in [7, 11) is 1.22. The summed E-state index contributed by atoms with van der Waals surface area (Å²) >= 11 is 0. The molecule has 3 aromatic carbocycles. The molecule has 0 aliphatic rings. The van der Waals surface area contributed by atoms with Gasteiger partial charge in [-0.2, -0.15) is 18.4 Å². The van der Waals surface area contributed by atoms with Gasteiger partial charge in [-0.3, -0.25) is 4.79 Å². The Hall–Kier alpha value is -3.72. The monoisotopic (exact) mass is 689 g/mol. The van der Waals surface area contributed by atoms with Crippen molar-refractivity contribution in [1.82, 2.24) is 9.99 Å². The maximum Gasteiger partial charge on any atom is 0.471 e. The second-order valence-electron chi connectivity index (χ2n) is 11.3. The number of rotatable bonds is 18. The number of nitrogens with one attached hydrogen (secondary N) is 1. The molecule has 0 spiro atoms. The molecule has 0 saturated heterocycles. The molecule has 0 bridgehead atoms. The molecule has 1 amide bonds. The van der Waals surface area contributed by atoms with Gasteiger partial charge in [0.15, 0.2) is 0 Å². The fourth-order valence-electron chi connectivity index (χ4n) is 5.15. The molecule has 0 saturated carbocycles. The van der Waals surface area contributed by atoms with Crippen molar-refractivity contribution < 1.29 is 41.2 Å². The molecule has 0 radical (unpaired) electrons. The topological polar surface area (TPSA) is 102 Å². The van der Waals surface area contributed by atoms with Crippen LogP contribution in [0.15, 0.2) is 78.9 Å². The van der Waals surface area contributed by atoms with E-state index in [0.29, 0.717) is 22.6 Å². The van der Waals surface area contributed by atoms with E-state index in [0.717, 1.165) is 5.56 Å². The third-order valence-electron chi connectivity index (χ3n) is 7.31. The van der Waals surface area contributed by atoms with E-state index in [1.165, 1.54) is 0 Å². The lowest BCUT2D eigenvalue weighted by molar-refractivity contribution is -0.174.